The van der Waals surface area contributed by atoms with Gasteiger partial charge in [0.1, 0.15) is 11.5 Å². The van der Waals surface area contributed by atoms with Crippen LogP contribution in [0.3, 0.4) is 0 Å². The van der Waals surface area contributed by atoms with Crippen LogP contribution in [0.4, 0.5) is 0 Å². The number of ether oxygens (including phenoxy) is 4. The van der Waals surface area contributed by atoms with Gasteiger partial charge in [0.2, 0.25) is 13.6 Å². The van der Waals surface area contributed by atoms with Gasteiger partial charge in [-0.15, -0.1) is 0 Å². The van der Waals surface area contributed by atoms with Crippen LogP contribution < -0.4 is 9.47 Å². The van der Waals surface area contributed by atoms with E-state index in [9.17, 15) is 9.59 Å². The average molecular weight is 494 g/mol. The van der Waals surface area contributed by atoms with Gasteiger partial charge in [0.25, 0.3) is 5.91 Å². The van der Waals surface area contributed by atoms with Gasteiger partial charge < -0.3 is 23.8 Å². The van der Waals surface area contributed by atoms with Crippen molar-refractivity contribution in [2.45, 2.75) is 47.0 Å². The average Bonchev–Trinajstić information content (AvgIpc) is 3.21. The molecule has 0 N–H and O–H groups in total. The van der Waals surface area contributed by atoms with Gasteiger partial charge in [-0.3, -0.25) is 9.59 Å². The minimum Gasteiger partial charge on any atom is -0.458 e. The van der Waals surface area contributed by atoms with Crippen LogP contribution in [-0.4, -0.2) is 43.3 Å². The third-order valence-corrected chi connectivity index (χ3v) is 8.04. The summed E-state index contributed by atoms with van der Waals surface area (Å²) in [6.07, 6.45) is 9.30. The van der Waals surface area contributed by atoms with Crippen LogP contribution >= 0.6 is 0 Å². The number of hydrogen-bond donors (Lipinski definition) is 0. The van der Waals surface area contributed by atoms with Crippen LogP contribution in [0.1, 0.15) is 57.3 Å². The summed E-state index contributed by atoms with van der Waals surface area (Å²) in [5.41, 5.74) is 2.03. The first-order chi connectivity index (χ1) is 17.5. The number of fused-ring (bicyclic) bond motifs is 4. The first kappa shape index (κ1) is 24.5. The molecule has 1 aromatic carbocycles. The Kier molecular flexibility index (Phi) is 6.58. The molecule has 3 aliphatic heterocycles. The molecule has 3 heterocycles. The first-order valence-electron chi connectivity index (χ1n) is 13.1. The van der Waals surface area contributed by atoms with E-state index < -0.39 is 0 Å². The van der Waals surface area contributed by atoms with Crippen LogP contribution in [0, 0.1) is 23.2 Å². The van der Waals surface area contributed by atoms with E-state index in [0.29, 0.717) is 29.9 Å². The minimum absolute atomic E-state index is 0.109. The van der Waals surface area contributed by atoms with E-state index in [2.05, 4.69) is 13.0 Å². The number of benzene rings is 1. The monoisotopic (exact) mass is 493 g/mol. The zero-order valence-corrected chi connectivity index (χ0v) is 21.5. The van der Waals surface area contributed by atoms with Gasteiger partial charge >= 0.3 is 0 Å². The standard InChI is InChI=1S/C17H19NO3.C10H10O3.C2H6/c1-2-11-8-18(9-13-3-5-14(11)13)17(19)12-4-6-15-16(7-12)21-10-20-15;1-6(11)10-3-2-8-9(7(10)4-10)13-5-12-8;1-2/h4-7,11,13H,2-3,8-10H2,1H3;2-3,7H,4-5H2,1H3;1-2H3. The molecule has 3 aliphatic carbocycles. The van der Waals surface area contributed by atoms with E-state index in [0.717, 1.165) is 49.6 Å². The molecule has 0 aromatic heterocycles. The van der Waals surface area contributed by atoms with Crippen molar-refractivity contribution in [3.8, 4) is 11.5 Å². The lowest BCUT2D eigenvalue weighted by Crippen LogP contribution is -2.47. The van der Waals surface area contributed by atoms with Gasteiger partial charge in [0.15, 0.2) is 17.3 Å². The molecule has 1 amide bonds. The normalized spacial score (nSPS) is 29.4. The van der Waals surface area contributed by atoms with Crippen LogP contribution in [-0.2, 0) is 14.3 Å². The predicted octanol–water partition coefficient (Wildman–Crippen LogP) is 5.24. The highest BCUT2D eigenvalue weighted by Gasteiger charge is 2.61. The number of Topliss-reactive ketones (excluding diaryl/α,β-unsaturated/α-hetero) is 1. The second-order valence-electron chi connectivity index (χ2n) is 9.84. The van der Waals surface area contributed by atoms with Crippen molar-refractivity contribution < 1.29 is 28.5 Å². The molecule has 192 valence electrons. The maximum Gasteiger partial charge on any atom is 0.254 e. The second-order valence-corrected chi connectivity index (χ2v) is 9.84. The summed E-state index contributed by atoms with van der Waals surface area (Å²) in [5, 5.41) is 0. The predicted molar refractivity (Wildman–Crippen MR) is 134 cm³/mol. The quantitative estimate of drug-likeness (QED) is 0.537. The fourth-order valence-electron chi connectivity index (χ4n) is 5.78. The number of carbonyl (C=O) groups excluding carboxylic acids is 2. The summed E-state index contributed by atoms with van der Waals surface area (Å²) in [6.45, 7) is 10.1. The first-order valence-corrected chi connectivity index (χ1v) is 13.1. The number of nitrogens with zero attached hydrogens (tertiary/aromatic N) is 1. The molecule has 4 unspecified atom stereocenters. The van der Waals surface area contributed by atoms with Crippen molar-refractivity contribution in [1.82, 2.24) is 4.90 Å². The third-order valence-electron chi connectivity index (χ3n) is 8.04. The van der Waals surface area contributed by atoms with Gasteiger partial charge in [-0.1, -0.05) is 38.5 Å². The highest BCUT2D eigenvalue weighted by molar-refractivity contribution is 5.95. The van der Waals surface area contributed by atoms with Crippen molar-refractivity contribution in [3.05, 3.63) is 59.1 Å². The number of hydrogen-bond acceptors (Lipinski definition) is 6. The van der Waals surface area contributed by atoms with E-state index in [-0.39, 0.29) is 29.8 Å². The SMILES string of the molecule is CC.CC(=O)C12C=CC3=C(OCO3)C1C2.CCC1CN(C(=O)c2ccc3c(c2)OCO3)CC2CC=C12. The van der Waals surface area contributed by atoms with E-state index in [1.54, 1.807) is 18.6 Å². The summed E-state index contributed by atoms with van der Waals surface area (Å²) in [6, 6.07) is 5.46. The molecule has 1 saturated heterocycles. The summed E-state index contributed by atoms with van der Waals surface area (Å²) >= 11 is 0. The molecule has 1 saturated carbocycles. The lowest BCUT2D eigenvalue weighted by atomic mass is 9.73. The molecule has 36 heavy (non-hydrogen) atoms. The number of allylic oxidation sites excluding steroid dienone is 4. The van der Waals surface area contributed by atoms with E-state index in [1.165, 1.54) is 0 Å². The molecule has 0 radical (unpaired) electrons. The van der Waals surface area contributed by atoms with Crippen molar-refractivity contribution in [2.75, 3.05) is 26.7 Å². The molecule has 4 atom stereocenters. The fraction of sp³-hybridized carbons (Fsp3) is 0.517. The van der Waals surface area contributed by atoms with Crippen LogP contribution in [0.15, 0.2) is 53.5 Å². The molecular weight excluding hydrogens is 458 g/mol. The Morgan fingerprint density at radius 1 is 1.06 bits per heavy atom. The summed E-state index contributed by atoms with van der Waals surface area (Å²) in [7, 11) is 0. The van der Waals surface area contributed by atoms with Gasteiger partial charge in [-0.25, -0.2) is 0 Å². The Hall–Kier alpha value is -3.22. The number of ketones is 1. The Morgan fingerprint density at radius 2 is 1.83 bits per heavy atom. The van der Waals surface area contributed by atoms with E-state index in [1.807, 2.05) is 43.0 Å². The lowest BCUT2D eigenvalue weighted by Gasteiger charge is -2.44. The molecule has 7 rings (SSSR count). The summed E-state index contributed by atoms with van der Waals surface area (Å²) in [4.78, 5) is 26.1. The second kappa shape index (κ2) is 9.68. The van der Waals surface area contributed by atoms with Crippen molar-refractivity contribution in [1.29, 1.82) is 0 Å². The molecule has 0 spiro atoms. The Labute approximate surface area is 212 Å². The molecular formula is C29H35NO6. The number of carbonyl (C=O) groups is 2. The highest BCUT2D eigenvalue weighted by Crippen LogP contribution is 2.62. The topological polar surface area (TPSA) is 74.3 Å². The Morgan fingerprint density at radius 3 is 2.56 bits per heavy atom. The molecule has 0 bridgehead atoms. The smallest absolute Gasteiger partial charge is 0.254 e. The van der Waals surface area contributed by atoms with Crippen molar-refractivity contribution in [2.24, 2.45) is 23.2 Å². The van der Waals surface area contributed by atoms with Crippen molar-refractivity contribution in [3.63, 3.8) is 0 Å². The highest BCUT2D eigenvalue weighted by atomic mass is 16.7. The molecule has 2 fully saturated rings. The Balaban J connectivity index is 0.000000152. The van der Waals surface area contributed by atoms with Crippen LogP contribution in [0.2, 0.25) is 0 Å². The van der Waals surface area contributed by atoms with Crippen LogP contribution in [0.5, 0.6) is 11.5 Å². The fourth-order valence-corrected chi connectivity index (χ4v) is 5.78. The largest absolute Gasteiger partial charge is 0.458 e. The molecule has 6 aliphatic rings. The minimum atomic E-state index is -0.244. The summed E-state index contributed by atoms with van der Waals surface area (Å²) in [5.74, 6) is 4.82. The van der Waals surface area contributed by atoms with E-state index in [4.69, 9.17) is 18.9 Å². The number of rotatable bonds is 3. The number of amides is 1. The zero-order chi connectivity index (χ0) is 25.4. The molecule has 7 nitrogen and oxygen atoms in total. The maximum atomic E-state index is 12.7. The van der Waals surface area contributed by atoms with Gasteiger partial charge in [-0.05, 0) is 56.4 Å². The molecule has 1 aromatic rings. The van der Waals surface area contributed by atoms with Crippen molar-refractivity contribution >= 4 is 11.7 Å². The van der Waals surface area contributed by atoms with E-state index >= 15 is 0 Å². The summed E-state index contributed by atoms with van der Waals surface area (Å²) < 4.78 is 21.2. The van der Waals surface area contributed by atoms with Gasteiger partial charge in [-0.2, -0.15) is 0 Å². The lowest BCUT2D eigenvalue weighted by molar-refractivity contribution is -0.120. The number of likely N-dealkylation sites (tertiary alicyclic amines) is 1. The maximum absolute atomic E-state index is 12.7. The number of piperidine rings is 1. The van der Waals surface area contributed by atoms with Gasteiger partial charge in [0, 0.05) is 30.5 Å². The van der Waals surface area contributed by atoms with Gasteiger partial charge in [0.05, 0.1) is 5.41 Å². The third kappa shape index (κ3) is 4.08. The van der Waals surface area contributed by atoms with Crippen LogP contribution in [0.25, 0.3) is 0 Å². The zero-order valence-electron chi connectivity index (χ0n) is 21.5. The Bertz CT molecular complexity index is 1150. The molecule has 7 heteroatoms.